The van der Waals surface area contributed by atoms with Crippen molar-refractivity contribution in [3.8, 4) is 16.9 Å². The van der Waals surface area contributed by atoms with Gasteiger partial charge in [-0.05, 0) is 29.3 Å². The quantitative estimate of drug-likeness (QED) is 0.476. The molecule has 4 nitrogen and oxygen atoms in total. The van der Waals surface area contributed by atoms with E-state index in [4.69, 9.17) is 4.74 Å². The molecular formula is C21H17BrN2O2. The van der Waals surface area contributed by atoms with Gasteiger partial charge in [0.2, 0.25) is 0 Å². The summed E-state index contributed by atoms with van der Waals surface area (Å²) in [6.45, 7) is -0.0992. The Labute approximate surface area is 160 Å². The first-order valence-electron chi connectivity index (χ1n) is 8.07. The number of hydrogen-bond acceptors (Lipinski definition) is 3. The number of hydrogen-bond donors (Lipinski definition) is 1. The van der Waals surface area contributed by atoms with Crippen molar-refractivity contribution in [2.45, 2.75) is 0 Å². The summed E-state index contributed by atoms with van der Waals surface area (Å²) in [5, 5.41) is 3.93. The van der Waals surface area contributed by atoms with Crippen LogP contribution in [-0.2, 0) is 4.79 Å². The van der Waals surface area contributed by atoms with Crippen LogP contribution in [0.15, 0.2) is 88.4 Å². The Kier molecular flexibility index (Phi) is 6.17. The minimum atomic E-state index is -0.319. The normalized spacial score (nSPS) is 10.7. The maximum absolute atomic E-state index is 11.8. The second-order valence-corrected chi connectivity index (χ2v) is 6.35. The number of nitrogens with one attached hydrogen (secondary N) is 1. The van der Waals surface area contributed by atoms with Crippen molar-refractivity contribution in [2.75, 3.05) is 6.61 Å². The van der Waals surface area contributed by atoms with E-state index >= 15 is 0 Å². The standard InChI is InChI=1S/C21H17BrN2O2/c22-20-9-5-4-8-18(20)14-23-24-21(25)15-26-19-12-10-17(11-13-19)16-6-2-1-3-7-16/h1-14H,15H2,(H,24,25). The molecule has 0 radical (unpaired) electrons. The number of nitrogens with zero attached hydrogens (tertiary/aromatic N) is 1. The van der Waals surface area contributed by atoms with Crippen LogP contribution in [0.25, 0.3) is 11.1 Å². The lowest BCUT2D eigenvalue weighted by atomic mass is 10.1. The third kappa shape index (κ3) is 5.04. The number of hydrazone groups is 1. The van der Waals surface area contributed by atoms with E-state index in [2.05, 4.69) is 26.5 Å². The fourth-order valence-corrected chi connectivity index (χ4v) is 2.70. The fraction of sp³-hybridized carbons (Fsp3) is 0.0476. The predicted octanol–water partition coefficient (Wildman–Crippen LogP) is 4.65. The highest BCUT2D eigenvalue weighted by molar-refractivity contribution is 9.10. The highest BCUT2D eigenvalue weighted by Gasteiger charge is 2.03. The molecule has 1 amide bonds. The van der Waals surface area contributed by atoms with Crippen molar-refractivity contribution in [1.29, 1.82) is 0 Å². The Morgan fingerprint density at radius 2 is 1.58 bits per heavy atom. The van der Waals surface area contributed by atoms with Crippen molar-refractivity contribution in [1.82, 2.24) is 5.43 Å². The Morgan fingerprint density at radius 3 is 2.31 bits per heavy atom. The van der Waals surface area contributed by atoms with Crippen LogP contribution in [0.3, 0.4) is 0 Å². The van der Waals surface area contributed by atoms with Crippen LogP contribution in [0.5, 0.6) is 5.75 Å². The highest BCUT2D eigenvalue weighted by Crippen LogP contribution is 2.21. The monoisotopic (exact) mass is 408 g/mol. The molecule has 0 spiro atoms. The molecule has 0 heterocycles. The Bertz CT molecular complexity index is 893. The van der Waals surface area contributed by atoms with Gasteiger partial charge in [0, 0.05) is 10.0 Å². The zero-order valence-corrected chi connectivity index (χ0v) is 15.5. The van der Waals surface area contributed by atoms with Crippen LogP contribution < -0.4 is 10.2 Å². The van der Waals surface area contributed by atoms with Gasteiger partial charge < -0.3 is 4.74 Å². The van der Waals surface area contributed by atoms with Gasteiger partial charge in [-0.15, -0.1) is 0 Å². The zero-order chi connectivity index (χ0) is 18.2. The molecule has 0 saturated carbocycles. The van der Waals surface area contributed by atoms with Gasteiger partial charge in [-0.1, -0.05) is 76.6 Å². The van der Waals surface area contributed by atoms with Gasteiger partial charge in [0.05, 0.1) is 6.21 Å². The van der Waals surface area contributed by atoms with Gasteiger partial charge in [-0.2, -0.15) is 5.10 Å². The van der Waals surface area contributed by atoms with E-state index in [1.54, 1.807) is 6.21 Å². The molecule has 3 rings (SSSR count). The fourth-order valence-electron chi connectivity index (χ4n) is 2.31. The molecule has 0 aliphatic carbocycles. The first-order valence-corrected chi connectivity index (χ1v) is 8.86. The largest absolute Gasteiger partial charge is 0.484 e. The maximum atomic E-state index is 11.8. The molecule has 5 heteroatoms. The molecule has 0 aliphatic rings. The molecule has 0 unspecified atom stereocenters. The molecular weight excluding hydrogens is 392 g/mol. The predicted molar refractivity (Wildman–Crippen MR) is 107 cm³/mol. The van der Waals surface area contributed by atoms with Crippen molar-refractivity contribution >= 4 is 28.1 Å². The number of benzene rings is 3. The molecule has 0 aliphatic heterocycles. The summed E-state index contributed by atoms with van der Waals surface area (Å²) in [7, 11) is 0. The molecule has 0 bridgehead atoms. The molecule has 0 atom stereocenters. The smallest absolute Gasteiger partial charge is 0.277 e. The minimum absolute atomic E-state index is 0.0992. The average molecular weight is 409 g/mol. The van der Waals surface area contributed by atoms with Crippen LogP contribution in [0, 0.1) is 0 Å². The van der Waals surface area contributed by atoms with Crippen molar-refractivity contribution in [3.05, 3.63) is 88.9 Å². The van der Waals surface area contributed by atoms with Gasteiger partial charge >= 0.3 is 0 Å². The molecule has 3 aromatic carbocycles. The second-order valence-electron chi connectivity index (χ2n) is 5.49. The lowest BCUT2D eigenvalue weighted by molar-refractivity contribution is -0.123. The van der Waals surface area contributed by atoms with Gasteiger partial charge in [0.15, 0.2) is 6.61 Å². The summed E-state index contributed by atoms with van der Waals surface area (Å²) in [6, 6.07) is 25.3. The highest BCUT2D eigenvalue weighted by atomic mass is 79.9. The average Bonchev–Trinajstić information content (AvgIpc) is 2.69. The first kappa shape index (κ1) is 17.9. The molecule has 0 fully saturated rings. The van der Waals surface area contributed by atoms with Crippen LogP contribution in [-0.4, -0.2) is 18.7 Å². The van der Waals surface area contributed by atoms with Crippen LogP contribution >= 0.6 is 15.9 Å². The van der Waals surface area contributed by atoms with Crippen LogP contribution in [0.4, 0.5) is 0 Å². The van der Waals surface area contributed by atoms with Crippen molar-refractivity contribution in [3.63, 3.8) is 0 Å². The van der Waals surface area contributed by atoms with E-state index in [1.807, 2.05) is 78.9 Å². The number of halogens is 1. The molecule has 1 N–H and O–H groups in total. The summed E-state index contributed by atoms with van der Waals surface area (Å²) in [4.78, 5) is 11.8. The van der Waals surface area contributed by atoms with E-state index in [0.717, 1.165) is 21.2 Å². The van der Waals surface area contributed by atoms with Gasteiger partial charge in [0.1, 0.15) is 5.75 Å². The SMILES string of the molecule is O=C(COc1ccc(-c2ccccc2)cc1)NN=Cc1ccccc1Br. The number of ether oxygens (including phenoxy) is 1. The third-order valence-corrected chi connectivity index (χ3v) is 4.35. The maximum Gasteiger partial charge on any atom is 0.277 e. The van der Waals surface area contributed by atoms with Gasteiger partial charge in [-0.3, -0.25) is 4.79 Å². The number of carbonyl (C=O) groups is 1. The Balaban J connectivity index is 1.49. The summed E-state index contributed by atoms with van der Waals surface area (Å²) in [5.74, 6) is 0.315. The second kappa shape index (κ2) is 8.97. The van der Waals surface area contributed by atoms with Crippen LogP contribution in [0.1, 0.15) is 5.56 Å². The zero-order valence-electron chi connectivity index (χ0n) is 13.9. The van der Waals surface area contributed by atoms with Crippen molar-refractivity contribution in [2.24, 2.45) is 5.10 Å². The number of rotatable bonds is 6. The van der Waals surface area contributed by atoms with Crippen molar-refractivity contribution < 1.29 is 9.53 Å². The summed E-state index contributed by atoms with van der Waals surface area (Å²) in [6.07, 6.45) is 1.58. The van der Waals surface area contributed by atoms with Gasteiger partial charge in [0.25, 0.3) is 5.91 Å². The Morgan fingerprint density at radius 1 is 0.923 bits per heavy atom. The third-order valence-electron chi connectivity index (χ3n) is 3.63. The minimum Gasteiger partial charge on any atom is -0.484 e. The van der Waals surface area contributed by atoms with E-state index in [-0.39, 0.29) is 12.5 Å². The van der Waals surface area contributed by atoms with E-state index < -0.39 is 0 Å². The van der Waals surface area contributed by atoms with Gasteiger partial charge in [-0.25, -0.2) is 5.43 Å². The summed E-state index contributed by atoms with van der Waals surface area (Å²) in [5.41, 5.74) is 5.57. The molecule has 130 valence electrons. The number of carbonyl (C=O) groups excluding carboxylic acids is 1. The lowest BCUT2D eigenvalue weighted by Crippen LogP contribution is -2.24. The van der Waals surface area contributed by atoms with E-state index in [0.29, 0.717) is 5.75 Å². The molecule has 3 aromatic rings. The van der Waals surface area contributed by atoms with E-state index in [1.165, 1.54) is 0 Å². The Hall–Kier alpha value is -2.92. The molecule has 0 saturated heterocycles. The molecule has 0 aromatic heterocycles. The number of amides is 1. The lowest BCUT2D eigenvalue weighted by Gasteiger charge is -2.06. The topological polar surface area (TPSA) is 50.7 Å². The molecule has 26 heavy (non-hydrogen) atoms. The van der Waals surface area contributed by atoms with Crippen LogP contribution in [0.2, 0.25) is 0 Å². The van der Waals surface area contributed by atoms with E-state index in [9.17, 15) is 4.79 Å². The first-order chi connectivity index (χ1) is 12.7. The summed E-state index contributed by atoms with van der Waals surface area (Å²) >= 11 is 3.42. The summed E-state index contributed by atoms with van der Waals surface area (Å²) < 4.78 is 6.40.